The smallest absolute Gasteiger partial charge is 0.0477 e. The molecule has 0 saturated carbocycles. The molecule has 3 rings (SSSR count). The second-order valence-corrected chi connectivity index (χ2v) is 18.8. The van der Waals surface area contributed by atoms with Crippen LogP contribution >= 0.6 is 28.2 Å². The third-order valence-corrected chi connectivity index (χ3v) is 12.7. The van der Waals surface area contributed by atoms with E-state index in [-0.39, 0.29) is 0 Å². The molecule has 0 unspecified atom stereocenters. The summed E-state index contributed by atoms with van der Waals surface area (Å²) in [5.74, 6) is 0. The topological polar surface area (TPSA) is 0 Å². The standard InChI is InChI=1S/C24H31PS2/c1-26(2,3)24(27(4,5)6)23-18-21(19-13-9-7-10-14-19)17-22(25-23)20-15-11-8-12-16-20/h7-18,24H,1-6H3. The summed E-state index contributed by atoms with van der Waals surface area (Å²) in [5.41, 5.74) is 4.00. The number of hydrogen-bond donors (Lipinski definition) is 0. The largest absolute Gasteiger partial charge is 0.235 e. The van der Waals surface area contributed by atoms with Crippen LogP contribution in [0.1, 0.15) is 9.88 Å². The quantitative estimate of drug-likeness (QED) is 0.397. The maximum Gasteiger partial charge on any atom is 0.0477 e. The minimum absolute atomic E-state index is 0.665. The van der Waals surface area contributed by atoms with Crippen LogP contribution in [0, 0.1) is 0 Å². The molecule has 0 atom stereocenters. The van der Waals surface area contributed by atoms with Crippen molar-refractivity contribution in [3.8, 4) is 22.0 Å². The first-order valence-corrected chi connectivity index (χ1v) is 15.9. The van der Waals surface area contributed by atoms with E-state index in [2.05, 4.69) is 110 Å². The van der Waals surface area contributed by atoms with Gasteiger partial charge in [-0.15, -0.1) is 0 Å². The molecule has 0 radical (unpaired) electrons. The van der Waals surface area contributed by atoms with Crippen LogP contribution in [0.5, 0.6) is 0 Å². The van der Waals surface area contributed by atoms with Gasteiger partial charge in [0.2, 0.25) is 0 Å². The maximum absolute atomic E-state index is 2.49. The Bertz CT molecular complexity index is 819. The first-order chi connectivity index (χ1) is 12.7. The fourth-order valence-electron chi connectivity index (χ4n) is 3.82. The summed E-state index contributed by atoms with van der Waals surface area (Å²) in [4.78, 5) is 0. The lowest BCUT2D eigenvalue weighted by molar-refractivity contribution is 1.41. The van der Waals surface area contributed by atoms with Crippen LogP contribution in [0.4, 0.5) is 0 Å². The number of rotatable bonds is 5. The van der Waals surface area contributed by atoms with Gasteiger partial charge in [-0.3, -0.25) is 0 Å². The lowest BCUT2D eigenvalue weighted by Gasteiger charge is -2.48. The highest BCUT2D eigenvalue weighted by atomic mass is 32.3. The van der Waals surface area contributed by atoms with Crippen LogP contribution < -0.4 is 0 Å². The fourth-order valence-corrected chi connectivity index (χ4v) is 15.6. The molecular weight excluding hydrogens is 383 g/mol. The summed E-state index contributed by atoms with van der Waals surface area (Å²) in [7, 11) is -0.0491. The SMILES string of the molecule is CS(C)(C)C(c1cc(-c2ccccc2)cc(-c2ccccc2)p1)S(C)(C)C. The van der Waals surface area contributed by atoms with Gasteiger partial charge < -0.3 is 0 Å². The van der Waals surface area contributed by atoms with Crippen LogP contribution in [0.3, 0.4) is 0 Å². The molecule has 0 nitrogen and oxygen atoms in total. The monoisotopic (exact) mass is 414 g/mol. The zero-order chi connectivity index (χ0) is 19.7. The third kappa shape index (κ3) is 4.99. The molecule has 3 aromatic rings. The molecule has 0 aliphatic carbocycles. The first kappa shape index (κ1) is 20.5. The van der Waals surface area contributed by atoms with E-state index in [1.807, 2.05) is 0 Å². The van der Waals surface area contributed by atoms with Crippen LogP contribution in [-0.2, 0) is 0 Å². The van der Waals surface area contributed by atoms with Crippen molar-refractivity contribution in [2.45, 2.75) is 4.58 Å². The fraction of sp³-hybridized carbons (Fsp3) is 0.292. The second kappa shape index (κ2) is 8.03. The molecule has 0 bridgehead atoms. The lowest BCUT2D eigenvalue weighted by atomic mass is 10.1. The van der Waals surface area contributed by atoms with E-state index < -0.39 is 20.1 Å². The summed E-state index contributed by atoms with van der Waals surface area (Å²) in [6.45, 7) is 0. The molecule has 1 heterocycles. The average molecular weight is 415 g/mol. The normalized spacial score (nSPS) is 13.9. The van der Waals surface area contributed by atoms with Crippen molar-refractivity contribution in [1.29, 1.82) is 0 Å². The Hall–Kier alpha value is -1.21. The van der Waals surface area contributed by atoms with Gasteiger partial charge >= 0.3 is 0 Å². The molecule has 0 aliphatic rings. The van der Waals surface area contributed by atoms with Crippen LogP contribution in [0.15, 0.2) is 72.8 Å². The molecule has 144 valence electrons. The average Bonchev–Trinajstić information content (AvgIpc) is 2.60. The van der Waals surface area contributed by atoms with Gasteiger partial charge in [0.15, 0.2) is 0 Å². The van der Waals surface area contributed by atoms with Crippen LogP contribution in [0.25, 0.3) is 22.0 Å². The summed E-state index contributed by atoms with van der Waals surface area (Å²) < 4.78 is 0.665. The van der Waals surface area contributed by atoms with Gasteiger partial charge in [-0.05, 0) is 66.4 Å². The maximum atomic E-state index is 2.49. The van der Waals surface area contributed by atoms with E-state index in [0.29, 0.717) is 4.58 Å². The van der Waals surface area contributed by atoms with Crippen molar-refractivity contribution in [2.24, 2.45) is 0 Å². The van der Waals surface area contributed by atoms with Gasteiger partial charge in [-0.25, -0.2) is 20.1 Å². The van der Waals surface area contributed by atoms with Crippen LogP contribution in [-0.4, -0.2) is 37.5 Å². The minimum atomic E-state index is -0.712. The summed E-state index contributed by atoms with van der Waals surface area (Å²) >= 11 is 0. The molecule has 0 N–H and O–H groups in total. The molecule has 0 fully saturated rings. The van der Waals surface area contributed by atoms with Crippen molar-refractivity contribution in [1.82, 2.24) is 0 Å². The molecular formula is C24H31PS2. The van der Waals surface area contributed by atoms with Gasteiger partial charge in [0, 0.05) is 15.2 Å². The predicted octanol–water partition coefficient (Wildman–Crippen LogP) is 7.99. The van der Waals surface area contributed by atoms with Crippen molar-refractivity contribution in [2.75, 3.05) is 37.5 Å². The van der Waals surface area contributed by atoms with E-state index in [9.17, 15) is 0 Å². The zero-order valence-electron chi connectivity index (χ0n) is 17.3. The van der Waals surface area contributed by atoms with Crippen molar-refractivity contribution >= 4 is 28.2 Å². The molecule has 1 aromatic heterocycles. The van der Waals surface area contributed by atoms with Crippen molar-refractivity contribution in [3.63, 3.8) is 0 Å². The molecule has 0 aliphatic heterocycles. The van der Waals surface area contributed by atoms with Crippen LogP contribution in [0.2, 0.25) is 0 Å². The Morgan fingerprint density at radius 3 is 1.56 bits per heavy atom. The Labute approximate surface area is 170 Å². The van der Waals surface area contributed by atoms with E-state index in [1.54, 1.807) is 5.30 Å². The second-order valence-electron chi connectivity index (χ2n) is 8.59. The summed E-state index contributed by atoms with van der Waals surface area (Å²) in [6.07, 6.45) is 14.9. The highest BCUT2D eigenvalue weighted by molar-refractivity contribution is 8.47. The molecule has 3 heteroatoms. The van der Waals surface area contributed by atoms with Gasteiger partial charge in [0.25, 0.3) is 0 Å². The van der Waals surface area contributed by atoms with E-state index in [4.69, 9.17) is 0 Å². The summed E-state index contributed by atoms with van der Waals surface area (Å²) in [6, 6.07) is 26.6. The number of hydrogen-bond acceptors (Lipinski definition) is 0. The van der Waals surface area contributed by atoms with E-state index in [0.717, 1.165) is 0 Å². The first-order valence-electron chi connectivity index (χ1n) is 9.13. The third-order valence-electron chi connectivity index (χ3n) is 4.55. The Kier molecular flexibility index (Phi) is 6.11. The molecule has 27 heavy (non-hydrogen) atoms. The zero-order valence-corrected chi connectivity index (χ0v) is 19.8. The molecule has 0 amide bonds. The molecule has 0 saturated heterocycles. The van der Waals surface area contributed by atoms with Gasteiger partial charge in [-0.1, -0.05) is 68.9 Å². The molecule has 2 aromatic carbocycles. The number of benzene rings is 2. The highest BCUT2D eigenvalue weighted by Gasteiger charge is 2.31. The van der Waals surface area contributed by atoms with Gasteiger partial charge in [-0.2, -0.15) is 0 Å². The Morgan fingerprint density at radius 1 is 0.593 bits per heavy atom. The van der Waals surface area contributed by atoms with E-state index in [1.165, 1.54) is 30.2 Å². The minimum Gasteiger partial charge on any atom is -0.235 e. The van der Waals surface area contributed by atoms with Gasteiger partial charge in [0.05, 0.1) is 0 Å². The van der Waals surface area contributed by atoms with Crippen molar-refractivity contribution < 1.29 is 0 Å². The van der Waals surface area contributed by atoms with E-state index >= 15 is 0 Å². The predicted molar refractivity (Wildman–Crippen MR) is 133 cm³/mol. The highest BCUT2D eigenvalue weighted by Crippen LogP contribution is 2.70. The Balaban J connectivity index is 2.24. The molecule has 0 spiro atoms. The van der Waals surface area contributed by atoms with Crippen molar-refractivity contribution in [3.05, 3.63) is 78.1 Å². The van der Waals surface area contributed by atoms with Gasteiger partial charge in [0.1, 0.15) is 0 Å². The Morgan fingerprint density at radius 2 is 1.07 bits per heavy atom. The lowest BCUT2D eigenvalue weighted by Crippen LogP contribution is -2.13. The summed E-state index contributed by atoms with van der Waals surface area (Å²) in [5, 5.41) is 3.02.